The Kier molecular flexibility index (Phi) is 9.69. The van der Waals surface area contributed by atoms with E-state index in [1.165, 1.54) is 83.6 Å². The Balaban J connectivity index is 1.03. The molecule has 8 aromatic rings. The molecule has 12 rings (SSSR count). The highest BCUT2D eigenvalue weighted by molar-refractivity contribution is 9.10. The Morgan fingerprint density at radius 3 is 1.49 bits per heavy atom. The van der Waals surface area contributed by atoms with Crippen LogP contribution in [0, 0.1) is 12.8 Å². The molecule has 0 saturated carbocycles. The molecule has 4 aliphatic rings. The zero-order valence-electron chi connectivity index (χ0n) is 36.5. The van der Waals surface area contributed by atoms with Crippen LogP contribution in [0.3, 0.4) is 0 Å². The third-order valence-electron chi connectivity index (χ3n) is 14.6. The molecule has 312 valence electrons. The molecule has 0 heterocycles. The van der Waals surface area contributed by atoms with Gasteiger partial charge in [0, 0.05) is 27.5 Å². The number of fused-ring (bicyclic) bond motifs is 6. The molecule has 4 aliphatic carbocycles. The SMILES string of the molecule is Cc1cc(N(C2=CCC(C3=CCCC=C3)C=C2)c2ccc(C3(c4ccccc4Br)c4ccccc4-c4ccccc43)cc2)ccc1C1(c2ccccc2)c2ccccc2-c2ccccc21. The number of nitrogens with zero attached hydrogens (tertiary/aromatic N) is 1. The standard InChI is InChI=1S/C63H48BrN/c1-43-42-50(40-41-55(43)62(46-20-6-3-7-21-46)56-26-12-8-22-51(56)52-23-9-13-27-57(52)62)65(48-36-32-45(33-37-48)44-18-4-2-5-19-44)49-38-34-47(35-39-49)63(60-30-16-17-31-61(60)64)58-28-14-10-24-53(58)54-25-11-15-29-59(54)63/h3-4,6-32,34-42,45H,2,5,33H2,1H3. The number of rotatable bonds is 8. The van der Waals surface area contributed by atoms with Crippen LogP contribution >= 0.6 is 15.9 Å². The van der Waals surface area contributed by atoms with Gasteiger partial charge in [0.15, 0.2) is 0 Å². The third kappa shape index (κ3) is 6.04. The molecule has 65 heavy (non-hydrogen) atoms. The number of allylic oxidation sites excluding steroid dienone is 7. The highest BCUT2D eigenvalue weighted by Crippen LogP contribution is 2.59. The topological polar surface area (TPSA) is 3.24 Å². The molecule has 1 nitrogen and oxygen atoms in total. The second kappa shape index (κ2) is 15.9. The summed E-state index contributed by atoms with van der Waals surface area (Å²) in [4.78, 5) is 2.48. The Bertz CT molecular complexity index is 3180. The fourth-order valence-corrected chi connectivity index (χ4v) is 12.5. The highest BCUT2D eigenvalue weighted by Gasteiger charge is 2.48. The van der Waals surface area contributed by atoms with Crippen LogP contribution in [-0.4, -0.2) is 0 Å². The predicted octanol–water partition coefficient (Wildman–Crippen LogP) is 16.4. The van der Waals surface area contributed by atoms with Gasteiger partial charge in [0.1, 0.15) is 0 Å². The number of halogens is 1. The lowest BCUT2D eigenvalue weighted by molar-refractivity contribution is 0.758. The smallest absolute Gasteiger partial charge is 0.0724 e. The highest BCUT2D eigenvalue weighted by atomic mass is 79.9. The first kappa shape index (κ1) is 39.6. The lowest BCUT2D eigenvalue weighted by Gasteiger charge is -2.36. The number of hydrogen-bond donors (Lipinski definition) is 0. The Labute approximate surface area is 391 Å². The average Bonchev–Trinajstić information content (AvgIpc) is 3.84. The Morgan fingerprint density at radius 1 is 0.462 bits per heavy atom. The van der Waals surface area contributed by atoms with Crippen molar-refractivity contribution in [1.29, 1.82) is 0 Å². The third-order valence-corrected chi connectivity index (χ3v) is 15.3. The second-order valence-electron chi connectivity index (χ2n) is 17.9. The van der Waals surface area contributed by atoms with Crippen LogP contribution in [-0.2, 0) is 10.8 Å². The quantitative estimate of drug-likeness (QED) is 0.147. The van der Waals surface area contributed by atoms with Crippen molar-refractivity contribution in [3.05, 3.63) is 296 Å². The molecule has 0 aromatic heterocycles. The first-order chi connectivity index (χ1) is 32.1. The Morgan fingerprint density at radius 2 is 0.969 bits per heavy atom. The molecule has 1 atom stereocenters. The maximum absolute atomic E-state index is 4.04. The molecule has 0 radical (unpaired) electrons. The summed E-state index contributed by atoms with van der Waals surface area (Å²) in [7, 11) is 0. The molecule has 0 bridgehead atoms. The van der Waals surface area contributed by atoms with Crippen molar-refractivity contribution >= 4 is 27.3 Å². The van der Waals surface area contributed by atoms with E-state index in [1.54, 1.807) is 0 Å². The van der Waals surface area contributed by atoms with Gasteiger partial charge in [-0.05, 0) is 140 Å². The van der Waals surface area contributed by atoms with Crippen LogP contribution in [0.1, 0.15) is 69.3 Å². The van der Waals surface area contributed by atoms with Crippen LogP contribution in [0.4, 0.5) is 11.4 Å². The molecule has 0 spiro atoms. The van der Waals surface area contributed by atoms with Gasteiger partial charge in [0.05, 0.1) is 10.8 Å². The lowest BCUT2D eigenvalue weighted by Crippen LogP contribution is -2.30. The molecule has 0 amide bonds. The summed E-state index contributed by atoms with van der Waals surface area (Å²) in [5.74, 6) is 0.378. The van der Waals surface area contributed by atoms with Crippen molar-refractivity contribution in [3.8, 4) is 22.3 Å². The summed E-state index contributed by atoms with van der Waals surface area (Å²) < 4.78 is 1.10. The van der Waals surface area contributed by atoms with E-state index < -0.39 is 10.8 Å². The Hall–Kier alpha value is -7.00. The summed E-state index contributed by atoms with van der Waals surface area (Å²) in [6.07, 6.45) is 17.5. The summed E-state index contributed by atoms with van der Waals surface area (Å²) in [6.45, 7) is 2.31. The summed E-state index contributed by atoms with van der Waals surface area (Å²) >= 11 is 4.04. The first-order valence-corrected chi connectivity index (χ1v) is 23.8. The van der Waals surface area contributed by atoms with Gasteiger partial charge in [-0.3, -0.25) is 0 Å². The molecule has 0 aliphatic heterocycles. The molecule has 2 heteroatoms. The maximum atomic E-state index is 4.04. The molecule has 0 N–H and O–H groups in total. The maximum Gasteiger partial charge on any atom is 0.0724 e. The molecule has 0 saturated heterocycles. The van der Waals surface area contributed by atoms with Gasteiger partial charge >= 0.3 is 0 Å². The monoisotopic (exact) mass is 897 g/mol. The summed E-state index contributed by atoms with van der Waals surface area (Å²) in [6, 6.07) is 72.6. The zero-order chi connectivity index (χ0) is 43.5. The van der Waals surface area contributed by atoms with Crippen LogP contribution in [0.5, 0.6) is 0 Å². The van der Waals surface area contributed by atoms with Gasteiger partial charge < -0.3 is 4.90 Å². The van der Waals surface area contributed by atoms with E-state index in [0.717, 1.165) is 35.1 Å². The number of aryl methyl sites for hydroxylation is 1. The van der Waals surface area contributed by atoms with E-state index in [1.807, 2.05) is 0 Å². The van der Waals surface area contributed by atoms with Crippen molar-refractivity contribution in [1.82, 2.24) is 0 Å². The molecular weight excluding hydrogens is 851 g/mol. The van der Waals surface area contributed by atoms with Gasteiger partial charge in [-0.2, -0.15) is 0 Å². The minimum absolute atomic E-state index is 0.378. The summed E-state index contributed by atoms with van der Waals surface area (Å²) in [5.41, 5.74) is 20.7. The van der Waals surface area contributed by atoms with Crippen LogP contribution in [0.2, 0.25) is 0 Å². The van der Waals surface area contributed by atoms with E-state index in [9.17, 15) is 0 Å². The van der Waals surface area contributed by atoms with Crippen molar-refractivity contribution in [2.45, 2.75) is 37.0 Å². The number of benzene rings is 8. The van der Waals surface area contributed by atoms with Gasteiger partial charge in [-0.15, -0.1) is 0 Å². The van der Waals surface area contributed by atoms with Crippen LogP contribution in [0.25, 0.3) is 22.3 Å². The van der Waals surface area contributed by atoms with E-state index in [2.05, 4.69) is 258 Å². The van der Waals surface area contributed by atoms with Crippen molar-refractivity contribution in [2.75, 3.05) is 4.90 Å². The van der Waals surface area contributed by atoms with E-state index in [4.69, 9.17) is 0 Å². The minimum atomic E-state index is -0.507. The molecule has 0 fully saturated rings. The van der Waals surface area contributed by atoms with Crippen molar-refractivity contribution in [2.24, 2.45) is 5.92 Å². The van der Waals surface area contributed by atoms with Crippen LogP contribution < -0.4 is 4.90 Å². The largest absolute Gasteiger partial charge is 0.311 e. The molecule has 8 aromatic carbocycles. The van der Waals surface area contributed by atoms with Gasteiger partial charge in [0.2, 0.25) is 0 Å². The average molecular weight is 899 g/mol. The van der Waals surface area contributed by atoms with Crippen molar-refractivity contribution < 1.29 is 0 Å². The van der Waals surface area contributed by atoms with E-state index in [-0.39, 0.29) is 0 Å². The normalized spacial score (nSPS) is 17.0. The molecule has 1 unspecified atom stereocenters. The number of anilines is 2. The van der Waals surface area contributed by atoms with Gasteiger partial charge in [-0.1, -0.05) is 210 Å². The predicted molar refractivity (Wildman–Crippen MR) is 274 cm³/mol. The van der Waals surface area contributed by atoms with E-state index in [0.29, 0.717) is 5.92 Å². The van der Waals surface area contributed by atoms with Gasteiger partial charge in [-0.25, -0.2) is 0 Å². The fraction of sp³-hybridized carbons (Fsp3) is 0.111. The minimum Gasteiger partial charge on any atom is -0.311 e. The second-order valence-corrected chi connectivity index (χ2v) is 18.8. The fourth-order valence-electron chi connectivity index (χ4n) is 11.9. The van der Waals surface area contributed by atoms with Gasteiger partial charge in [0.25, 0.3) is 0 Å². The summed E-state index contributed by atoms with van der Waals surface area (Å²) in [5, 5.41) is 0. The molecular formula is C63H48BrN. The van der Waals surface area contributed by atoms with Crippen molar-refractivity contribution in [3.63, 3.8) is 0 Å². The lowest BCUT2D eigenvalue weighted by atomic mass is 9.66. The van der Waals surface area contributed by atoms with E-state index >= 15 is 0 Å². The van der Waals surface area contributed by atoms with Crippen LogP contribution in [0.15, 0.2) is 246 Å². The zero-order valence-corrected chi connectivity index (χ0v) is 38.0. The first-order valence-electron chi connectivity index (χ1n) is 23.0. The number of hydrogen-bond acceptors (Lipinski definition) is 1.